The normalized spacial score (nSPS) is 16.3. The van der Waals surface area contributed by atoms with Crippen LogP contribution in [-0.4, -0.2) is 19.8 Å². The Bertz CT molecular complexity index is 703. The molecule has 1 unspecified atom stereocenters. The van der Waals surface area contributed by atoms with Crippen LogP contribution in [0, 0.1) is 0 Å². The van der Waals surface area contributed by atoms with E-state index in [1.165, 1.54) is 0 Å². The smallest absolute Gasteiger partial charge is 0.131 e. The fourth-order valence-corrected chi connectivity index (χ4v) is 3.18. The average Bonchev–Trinajstić information content (AvgIpc) is 2.92. The molecule has 0 aliphatic carbocycles. The molecule has 1 aliphatic rings. The van der Waals surface area contributed by atoms with E-state index in [1.54, 1.807) is 13.2 Å². The van der Waals surface area contributed by atoms with Crippen molar-refractivity contribution >= 4 is 23.2 Å². The summed E-state index contributed by atoms with van der Waals surface area (Å²) >= 11 is 12.5. The van der Waals surface area contributed by atoms with Gasteiger partial charge in [-0.2, -0.15) is 0 Å². The molecule has 22 heavy (non-hydrogen) atoms. The highest BCUT2D eigenvalue weighted by Gasteiger charge is 2.27. The predicted molar refractivity (Wildman–Crippen MR) is 90.2 cm³/mol. The summed E-state index contributed by atoms with van der Waals surface area (Å²) in [5.41, 5.74) is 8.51. The molecule has 2 aromatic rings. The van der Waals surface area contributed by atoms with E-state index in [4.69, 9.17) is 38.4 Å². The summed E-state index contributed by atoms with van der Waals surface area (Å²) in [6.07, 6.45) is 1.75. The van der Waals surface area contributed by atoms with Gasteiger partial charge in [0.05, 0.1) is 17.2 Å². The van der Waals surface area contributed by atoms with E-state index in [9.17, 15) is 0 Å². The molecule has 0 amide bonds. The van der Waals surface area contributed by atoms with Crippen molar-refractivity contribution in [1.82, 2.24) is 0 Å². The van der Waals surface area contributed by atoms with Crippen LogP contribution in [0.1, 0.15) is 12.0 Å². The van der Waals surface area contributed by atoms with Crippen molar-refractivity contribution in [3.05, 3.63) is 45.9 Å². The molecule has 0 bridgehead atoms. The van der Waals surface area contributed by atoms with Crippen molar-refractivity contribution in [3.63, 3.8) is 0 Å². The van der Waals surface area contributed by atoms with E-state index in [-0.39, 0.29) is 6.10 Å². The first-order valence-electron chi connectivity index (χ1n) is 7.16. The van der Waals surface area contributed by atoms with E-state index < -0.39 is 0 Å². The third kappa shape index (κ3) is 2.76. The van der Waals surface area contributed by atoms with Crippen molar-refractivity contribution in [3.8, 4) is 22.6 Å². The zero-order chi connectivity index (χ0) is 15.7. The molecule has 3 nitrogen and oxygen atoms in total. The number of methoxy groups -OCH3 is 1. The van der Waals surface area contributed by atoms with Gasteiger partial charge in [0.15, 0.2) is 0 Å². The van der Waals surface area contributed by atoms with E-state index >= 15 is 0 Å². The molecule has 5 heteroatoms. The van der Waals surface area contributed by atoms with Crippen molar-refractivity contribution in [1.29, 1.82) is 0 Å². The lowest BCUT2D eigenvalue weighted by atomic mass is 9.99. The zero-order valence-corrected chi connectivity index (χ0v) is 13.7. The molecule has 2 aromatic carbocycles. The number of fused-ring (bicyclic) bond motifs is 1. The third-order valence-electron chi connectivity index (χ3n) is 3.84. The van der Waals surface area contributed by atoms with Gasteiger partial charge in [-0.05, 0) is 31.2 Å². The Hall–Kier alpha value is -1.42. The number of hydrogen-bond acceptors (Lipinski definition) is 3. The summed E-state index contributed by atoms with van der Waals surface area (Å²) in [5, 5.41) is 1.04. The van der Waals surface area contributed by atoms with Crippen LogP contribution in [0.15, 0.2) is 30.3 Å². The van der Waals surface area contributed by atoms with Gasteiger partial charge < -0.3 is 15.2 Å². The standard InChI is InChI=1S/C17H17Cl2NO2/c1-21-12-8-10-7-11(5-6-20)22-17(10)14(9-12)13-3-2-4-15(18)16(13)19/h2-4,8-9,11H,5-7,20H2,1H3. The lowest BCUT2D eigenvalue weighted by molar-refractivity contribution is 0.225. The average molecular weight is 338 g/mol. The number of benzene rings is 2. The second-order valence-electron chi connectivity index (χ2n) is 5.29. The van der Waals surface area contributed by atoms with Crippen molar-refractivity contribution in [2.45, 2.75) is 18.9 Å². The van der Waals surface area contributed by atoms with Crippen LogP contribution < -0.4 is 15.2 Å². The van der Waals surface area contributed by atoms with Crippen molar-refractivity contribution in [2.24, 2.45) is 5.73 Å². The van der Waals surface area contributed by atoms with Crippen molar-refractivity contribution in [2.75, 3.05) is 13.7 Å². The van der Waals surface area contributed by atoms with Gasteiger partial charge in [-0.15, -0.1) is 0 Å². The third-order valence-corrected chi connectivity index (χ3v) is 4.66. The Kier molecular flexibility index (Phi) is 4.48. The minimum Gasteiger partial charge on any atom is -0.497 e. The van der Waals surface area contributed by atoms with Crippen LogP contribution in [0.2, 0.25) is 10.0 Å². The van der Waals surface area contributed by atoms with Gasteiger partial charge in [-0.3, -0.25) is 0 Å². The Labute approximate surface area is 139 Å². The van der Waals surface area contributed by atoms with Gasteiger partial charge in [-0.25, -0.2) is 0 Å². The highest BCUT2D eigenvalue weighted by Crippen LogP contribution is 2.45. The Morgan fingerprint density at radius 2 is 2.09 bits per heavy atom. The van der Waals surface area contributed by atoms with Crippen LogP contribution in [0.3, 0.4) is 0 Å². The zero-order valence-electron chi connectivity index (χ0n) is 12.2. The number of halogens is 2. The molecular formula is C17H17Cl2NO2. The quantitative estimate of drug-likeness (QED) is 0.903. The molecule has 0 aromatic heterocycles. The molecule has 1 aliphatic heterocycles. The van der Waals surface area contributed by atoms with Gasteiger partial charge in [0.2, 0.25) is 0 Å². The SMILES string of the molecule is COc1cc2c(c(-c3cccc(Cl)c3Cl)c1)OC(CCN)C2. The van der Waals surface area contributed by atoms with Gasteiger partial charge in [-0.1, -0.05) is 35.3 Å². The largest absolute Gasteiger partial charge is 0.497 e. The maximum Gasteiger partial charge on any atom is 0.131 e. The fourth-order valence-electron chi connectivity index (χ4n) is 2.78. The van der Waals surface area contributed by atoms with Gasteiger partial charge in [0, 0.05) is 23.1 Å². The summed E-state index contributed by atoms with van der Waals surface area (Å²) in [5.74, 6) is 1.63. The second-order valence-corrected chi connectivity index (χ2v) is 6.07. The first-order chi connectivity index (χ1) is 10.6. The Morgan fingerprint density at radius 1 is 1.27 bits per heavy atom. The molecule has 3 rings (SSSR count). The summed E-state index contributed by atoms with van der Waals surface area (Å²) in [6, 6.07) is 9.52. The summed E-state index contributed by atoms with van der Waals surface area (Å²) in [6.45, 7) is 0.600. The molecule has 1 heterocycles. The number of rotatable bonds is 4. The predicted octanol–water partition coefficient (Wildman–Crippen LogP) is 4.32. The molecule has 0 fully saturated rings. The van der Waals surface area contributed by atoms with E-state index in [2.05, 4.69) is 0 Å². The van der Waals surface area contributed by atoms with E-state index in [0.29, 0.717) is 16.6 Å². The molecular weight excluding hydrogens is 321 g/mol. The fraction of sp³-hybridized carbons (Fsp3) is 0.294. The van der Waals surface area contributed by atoms with Gasteiger partial charge >= 0.3 is 0 Å². The maximum absolute atomic E-state index is 6.37. The Balaban J connectivity index is 2.12. The highest BCUT2D eigenvalue weighted by atomic mass is 35.5. The lowest BCUT2D eigenvalue weighted by Gasteiger charge is -2.14. The van der Waals surface area contributed by atoms with Crippen LogP contribution in [0.5, 0.6) is 11.5 Å². The molecule has 0 saturated heterocycles. The number of ether oxygens (including phenoxy) is 2. The minimum atomic E-state index is 0.101. The molecule has 0 radical (unpaired) electrons. The first-order valence-corrected chi connectivity index (χ1v) is 7.91. The summed E-state index contributed by atoms with van der Waals surface area (Å²) in [4.78, 5) is 0. The number of hydrogen-bond donors (Lipinski definition) is 1. The number of nitrogens with two attached hydrogens (primary N) is 1. The molecule has 116 valence electrons. The lowest BCUT2D eigenvalue weighted by Crippen LogP contribution is -2.17. The van der Waals surface area contributed by atoms with E-state index in [0.717, 1.165) is 41.0 Å². The second kappa shape index (κ2) is 6.37. The van der Waals surface area contributed by atoms with Crippen molar-refractivity contribution < 1.29 is 9.47 Å². The molecule has 0 spiro atoms. The van der Waals surface area contributed by atoms with E-state index in [1.807, 2.05) is 24.3 Å². The summed E-state index contributed by atoms with van der Waals surface area (Å²) < 4.78 is 11.5. The van der Waals surface area contributed by atoms with Crippen LogP contribution in [0.4, 0.5) is 0 Å². The molecule has 1 atom stereocenters. The minimum absolute atomic E-state index is 0.101. The van der Waals surface area contributed by atoms with Crippen LogP contribution >= 0.6 is 23.2 Å². The topological polar surface area (TPSA) is 44.5 Å². The Morgan fingerprint density at radius 3 is 2.82 bits per heavy atom. The monoisotopic (exact) mass is 337 g/mol. The van der Waals surface area contributed by atoms with Crippen LogP contribution in [-0.2, 0) is 6.42 Å². The summed E-state index contributed by atoms with van der Waals surface area (Å²) in [7, 11) is 1.65. The van der Waals surface area contributed by atoms with Gasteiger partial charge in [0.25, 0.3) is 0 Å². The highest BCUT2D eigenvalue weighted by molar-refractivity contribution is 6.43. The first kappa shape index (κ1) is 15.5. The van der Waals surface area contributed by atoms with Crippen LogP contribution in [0.25, 0.3) is 11.1 Å². The maximum atomic E-state index is 6.37. The van der Waals surface area contributed by atoms with Gasteiger partial charge in [0.1, 0.15) is 17.6 Å². The molecule has 0 saturated carbocycles. The molecule has 2 N–H and O–H groups in total.